The minimum absolute atomic E-state index is 0.235. The van der Waals surface area contributed by atoms with E-state index < -0.39 is 0 Å². The first kappa shape index (κ1) is 14.1. The highest BCUT2D eigenvalue weighted by Crippen LogP contribution is 2.28. The van der Waals surface area contributed by atoms with E-state index in [1.54, 1.807) is 54.7 Å². The van der Waals surface area contributed by atoms with Crippen LogP contribution >= 0.6 is 0 Å². The van der Waals surface area contributed by atoms with Crippen LogP contribution in [0.3, 0.4) is 0 Å². The van der Waals surface area contributed by atoms with Crippen molar-refractivity contribution in [3.63, 3.8) is 0 Å². The molecule has 0 radical (unpaired) electrons. The summed E-state index contributed by atoms with van der Waals surface area (Å²) in [5.74, 6) is -0.949. The van der Waals surface area contributed by atoms with E-state index in [-0.39, 0.29) is 17.7 Å². The van der Waals surface area contributed by atoms with Gasteiger partial charge in [0, 0.05) is 18.0 Å². The molecule has 6 heteroatoms. The van der Waals surface area contributed by atoms with Gasteiger partial charge in [-0.25, -0.2) is 9.88 Å². The van der Waals surface area contributed by atoms with Gasteiger partial charge in [-0.2, -0.15) is 0 Å². The Morgan fingerprint density at radius 3 is 2.04 bits per heavy atom. The Labute approximate surface area is 137 Å². The first-order valence-electron chi connectivity index (χ1n) is 7.27. The van der Waals surface area contributed by atoms with Crippen LogP contribution in [0.25, 0.3) is 0 Å². The van der Waals surface area contributed by atoms with Gasteiger partial charge >= 0.3 is 0 Å². The van der Waals surface area contributed by atoms with Gasteiger partial charge in [0.2, 0.25) is 0 Å². The van der Waals surface area contributed by atoms with Crippen LogP contribution in [0.5, 0.6) is 0 Å². The zero-order valence-electron chi connectivity index (χ0n) is 12.4. The van der Waals surface area contributed by atoms with Crippen molar-refractivity contribution in [3.8, 4) is 0 Å². The maximum absolute atomic E-state index is 12.4. The number of anilines is 1. The fraction of sp³-hybridized carbons (Fsp3) is 0. The molecule has 0 atom stereocenters. The summed E-state index contributed by atoms with van der Waals surface area (Å²) >= 11 is 0. The van der Waals surface area contributed by atoms with Gasteiger partial charge in [-0.05, 0) is 36.4 Å². The number of aromatic nitrogens is 2. The molecule has 6 nitrogen and oxygen atoms in total. The lowest BCUT2D eigenvalue weighted by Crippen LogP contribution is -2.29. The molecule has 2 aromatic carbocycles. The van der Waals surface area contributed by atoms with Gasteiger partial charge in [0.1, 0.15) is 6.33 Å². The van der Waals surface area contributed by atoms with E-state index in [2.05, 4.69) is 4.98 Å². The summed E-state index contributed by atoms with van der Waals surface area (Å²) in [6.45, 7) is 0. The van der Waals surface area contributed by atoms with Crippen LogP contribution in [-0.2, 0) is 0 Å². The second-order valence-corrected chi connectivity index (χ2v) is 5.31. The van der Waals surface area contributed by atoms with Gasteiger partial charge in [0.05, 0.1) is 16.8 Å². The second-order valence-electron chi connectivity index (χ2n) is 5.31. The first-order chi connectivity index (χ1) is 11.7. The Balaban J connectivity index is 1.66. The van der Waals surface area contributed by atoms with Crippen LogP contribution in [0.2, 0.25) is 0 Å². The van der Waals surface area contributed by atoms with Gasteiger partial charge in [0.25, 0.3) is 17.7 Å². The minimum Gasteiger partial charge on any atom is -0.272 e. The highest BCUT2D eigenvalue weighted by molar-refractivity contribution is 6.34. The molecule has 3 aromatic rings. The number of hydrogen-bond donors (Lipinski definition) is 0. The van der Waals surface area contributed by atoms with Gasteiger partial charge in [0.15, 0.2) is 0 Å². The molecule has 2 heterocycles. The highest BCUT2D eigenvalue weighted by atomic mass is 16.2. The molecule has 0 saturated carbocycles. The number of imide groups is 1. The summed E-state index contributed by atoms with van der Waals surface area (Å²) in [6.07, 6.45) is 4.49. The molecule has 116 valence electrons. The molecule has 1 aromatic heterocycles. The summed E-state index contributed by atoms with van der Waals surface area (Å²) in [6, 6.07) is 13.1. The van der Waals surface area contributed by atoms with E-state index in [0.29, 0.717) is 22.4 Å². The topological polar surface area (TPSA) is 72.3 Å². The number of carbonyl (C=O) groups is 3. The minimum atomic E-state index is -0.357. The Bertz CT molecular complexity index is 924. The van der Waals surface area contributed by atoms with Crippen LogP contribution in [0, 0.1) is 0 Å². The third kappa shape index (κ3) is 2.04. The molecular weight excluding hydrogens is 306 g/mol. The molecule has 0 unspecified atom stereocenters. The van der Waals surface area contributed by atoms with Gasteiger partial charge in [-0.15, -0.1) is 0 Å². The SMILES string of the molecule is O=C1c2ccccc2C(=O)N1c1ccc(C(=O)n2ccnc2)cc1. The van der Waals surface area contributed by atoms with E-state index in [0.717, 1.165) is 4.90 Å². The molecule has 0 fully saturated rings. The lowest BCUT2D eigenvalue weighted by atomic mass is 10.1. The summed E-state index contributed by atoms with van der Waals surface area (Å²) in [5, 5.41) is 0. The van der Waals surface area contributed by atoms with Crippen molar-refractivity contribution in [2.45, 2.75) is 0 Å². The van der Waals surface area contributed by atoms with Crippen molar-refractivity contribution in [2.24, 2.45) is 0 Å². The summed E-state index contributed by atoms with van der Waals surface area (Å²) in [7, 11) is 0. The van der Waals surface area contributed by atoms with Crippen molar-refractivity contribution < 1.29 is 14.4 Å². The summed E-state index contributed by atoms with van der Waals surface area (Å²) in [5.41, 5.74) is 1.65. The third-order valence-corrected chi connectivity index (χ3v) is 3.91. The molecule has 0 spiro atoms. The van der Waals surface area contributed by atoms with Crippen molar-refractivity contribution in [2.75, 3.05) is 4.90 Å². The maximum atomic E-state index is 12.4. The molecule has 1 aliphatic heterocycles. The molecular formula is C18H11N3O3. The van der Waals surface area contributed by atoms with E-state index in [1.807, 2.05) is 0 Å². The van der Waals surface area contributed by atoms with Crippen LogP contribution in [0.4, 0.5) is 5.69 Å². The number of imidazole rings is 1. The first-order valence-corrected chi connectivity index (χ1v) is 7.27. The normalized spacial score (nSPS) is 13.2. The lowest BCUT2D eigenvalue weighted by molar-refractivity contribution is 0.0923. The predicted molar refractivity (Wildman–Crippen MR) is 86.0 cm³/mol. The number of hydrogen-bond acceptors (Lipinski definition) is 4. The Morgan fingerprint density at radius 1 is 0.875 bits per heavy atom. The van der Waals surface area contributed by atoms with Crippen LogP contribution in [0.15, 0.2) is 67.3 Å². The summed E-state index contributed by atoms with van der Waals surface area (Å²) in [4.78, 5) is 42.1. The Kier molecular flexibility index (Phi) is 3.09. The van der Waals surface area contributed by atoms with Crippen molar-refractivity contribution >= 4 is 23.4 Å². The molecule has 2 amide bonds. The van der Waals surface area contributed by atoms with Crippen molar-refractivity contribution in [3.05, 3.63) is 83.9 Å². The van der Waals surface area contributed by atoms with Gasteiger partial charge in [-0.1, -0.05) is 12.1 Å². The second kappa shape index (κ2) is 5.27. The lowest BCUT2D eigenvalue weighted by Gasteiger charge is -2.14. The standard InChI is InChI=1S/C18H11N3O3/c22-16(20-10-9-19-11-20)12-5-7-13(8-6-12)21-17(23)14-3-1-2-4-15(14)18(21)24/h1-11H. The van der Waals surface area contributed by atoms with E-state index in [9.17, 15) is 14.4 Å². The average molecular weight is 317 g/mol. The quantitative estimate of drug-likeness (QED) is 0.680. The van der Waals surface area contributed by atoms with Crippen LogP contribution in [0.1, 0.15) is 31.1 Å². The Morgan fingerprint density at radius 2 is 1.50 bits per heavy atom. The molecule has 0 bridgehead atoms. The molecule has 0 N–H and O–H groups in total. The molecule has 1 aliphatic rings. The Hall–Kier alpha value is -3.54. The maximum Gasteiger partial charge on any atom is 0.266 e. The zero-order valence-corrected chi connectivity index (χ0v) is 12.4. The van der Waals surface area contributed by atoms with Crippen LogP contribution in [-0.4, -0.2) is 27.3 Å². The third-order valence-electron chi connectivity index (χ3n) is 3.91. The average Bonchev–Trinajstić information content (AvgIpc) is 3.23. The number of rotatable bonds is 2. The fourth-order valence-electron chi connectivity index (χ4n) is 2.71. The smallest absolute Gasteiger partial charge is 0.266 e. The largest absolute Gasteiger partial charge is 0.272 e. The van der Waals surface area contributed by atoms with E-state index in [1.165, 1.54) is 17.1 Å². The van der Waals surface area contributed by atoms with Crippen molar-refractivity contribution in [1.82, 2.24) is 9.55 Å². The fourth-order valence-corrected chi connectivity index (χ4v) is 2.71. The number of fused-ring (bicyclic) bond motifs is 1. The number of nitrogens with zero attached hydrogens (tertiary/aromatic N) is 3. The number of benzene rings is 2. The zero-order chi connectivity index (χ0) is 16.7. The van der Waals surface area contributed by atoms with Crippen LogP contribution < -0.4 is 4.90 Å². The molecule has 0 aliphatic carbocycles. The van der Waals surface area contributed by atoms with Gasteiger partial charge in [-0.3, -0.25) is 19.0 Å². The number of amides is 2. The highest BCUT2D eigenvalue weighted by Gasteiger charge is 2.36. The van der Waals surface area contributed by atoms with Gasteiger partial charge < -0.3 is 0 Å². The van der Waals surface area contributed by atoms with Crippen molar-refractivity contribution in [1.29, 1.82) is 0 Å². The van der Waals surface area contributed by atoms with E-state index in [4.69, 9.17) is 0 Å². The predicted octanol–water partition coefficient (Wildman–Crippen LogP) is 2.37. The van der Waals surface area contributed by atoms with E-state index >= 15 is 0 Å². The summed E-state index contributed by atoms with van der Waals surface area (Å²) < 4.78 is 1.36. The molecule has 24 heavy (non-hydrogen) atoms. The monoisotopic (exact) mass is 317 g/mol. The molecule has 0 saturated heterocycles. The molecule has 4 rings (SSSR count). The number of carbonyl (C=O) groups excluding carboxylic acids is 3.